The van der Waals surface area contributed by atoms with E-state index in [4.69, 9.17) is 9.26 Å². The third-order valence-electron chi connectivity index (χ3n) is 11.2. The van der Waals surface area contributed by atoms with Crippen LogP contribution in [0.1, 0.15) is 219 Å². The number of hydrogen-bond donors (Lipinski definition) is 0. The Morgan fingerprint density at radius 2 is 1.04 bits per heavy atom. The topological polar surface area (TPSA) is 35.5 Å². The van der Waals surface area contributed by atoms with Crippen molar-refractivity contribution < 1.29 is 13.8 Å². The van der Waals surface area contributed by atoms with Crippen LogP contribution in [0, 0.1) is 5.92 Å². The van der Waals surface area contributed by atoms with Gasteiger partial charge < -0.3 is 9.26 Å². The van der Waals surface area contributed by atoms with Gasteiger partial charge in [-0.25, -0.2) is 0 Å². The molecule has 0 bridgehead atoms. The molecule has 304 valence electrons. The Labute approximate surface area is 326 Å². The number of rotatable bonds is 36. The monoisotopic (exact) mass is 745 g/mol. The Morgan fingerprint density at radius 1 is 0.577 bits per heavy atom. The van der Waals surface area contributed by atoms with Crippen LogP contribution in [0.25, 0.3) is 0 Å². The number of hydrogen-bond acceptors (Lipinski definition) is 3. The quantitative estimate of drug-likeness (QED) is 0.0277. The lowest BCUT2D eigenvalue weighted by Gasteiger charge is -2.44. The van der Waals surface area contributed by atoms with Crippen molar-refractivity contribution in [3.63, 3.8) is 0 Å². The smallest absolute Gasteiger partial charge is 0.197 e. The summed E-state index contributed by atoms with van der Waals surface area (Å²) >= 11 is 0. The largest absolute Gasteiger partial charge is 0.378 e. The highest BCUT2D eigenvalue weighted by Crippen LogP contribution is 2.50. The normalized spacial score (nSPS) is 19.3. The highest BCUT2D eigenvalue weighted by atomic mass is 31.2. The predicted molar refractivity (Wildman–Crippen MR) is 233 cm³/mol. The van der Waals surface area contributed by atoms with Gasteiger partial charge in [-0.15, -0.1) is 0 Å². The first-order chi connectivity index (χ1) is 25.4. The number of allylic oxidation sites excluding steroid dienone is 8. The van der Waals surface area contributed by atoms with E-state index in [2.05, 4.69) is 62.5 Å². The van der Waals surface area contributed by atoms with Gasteiger partial charge in [0.15, 0.2) is 7.37 Å². The first kappa shape index (κ1) is 49.1. The van der Waals surface area contributed by atoms with Crippen molar-refractivity contribution in [3.05, 3.63) is 48.6 Å². The van der Waals surface area contributed by atoms with Crippen LogP contribution in [0.4, 0.5) is 0 Å². The van der Waals surface area contributed by atoms with Crippen LogP contribution >= 0.6 is 7.37 Å². The van der Waals surface area contributed by atoms with Crippen molar-refractivity contribution in [2.24, 2.45) is 5.92 Å². The van der Waals surface area contributed by atoms with Crippen LogP contribution < -0.4 is 0 Å². The Balaban J connectivity index is 2.34. The Morgan fingerprint density at radius 3 is 1.58 bits per heavy atom. The highest BCUT2D eigenvalue weighted by Gasteiger charge is 2.44. The summed E-state index contributed by atoms with van der Waals surface area (Å²) in [5, 5.41) is 0. The predicted octanol–water partition coefficient (Wildman–Crippen LogP) is 16.7. The molecule has 3 atom stereocenters. The molecule has 3 unspecified atom stereocenters. The summed E-state index contributed by atoms with van der Waals surface area (Å²) in [6.07, 6.45) is 59.7. The fraction of sp³-hybridized carbons (Fsp3) is 0.833. The maximum absolute atomic E-state index is 12.9. The van der Waals surface area contributed by atoms with E-state index >= 15 is 0 Å². The van der Waals surface area contributed by atoms with E-state index in [1.54, 1.807) is 13.3 Å². The third-order valence-corrected chi connectivity index (χ3v) is 12.0. The molecule has 0 aromatic carbocycles. The van der Waals surface area contributed by atoms with E-state index in [-0.39, 0.29) is 11.7 Å². The molecule has 52 heavy (non-hydrogen) atoms. The molecule has 4 heteroatoms. The number of unbranched alkanes of at least 4 members (excludes halogenated alkanes) is 19. The molecule has 1 aliphatic carbocycles. The lowest BCUT2D eigenvalue weighted by molar-refractivity contribution is -0.103. The maximum atomic E-state index is 12.9. The van der Waals surface area contributed by atoms with E-state index in [0.717, 1.165) is 38.0 Å². The van der Waals surface area contributed by atoms with Gasteiger partial charge >= 0.3 is 0 Å². The Bertz CT molecular complexity index is 945. The molecular formula is C48H89O3P. The van der Waals surface area contributed by atoms with Crippen molar-refractivity contribution in [3.8, 4) is 0 Å². The van der Waals surface area contributed by atoms with E-state index in [1.165, 1.54) is 173 Å². The fourth-order valence-electron chi connectivity index (χ4n) is 8.23. The molecule has 1 saturated carbocycles. The summed E-state index contributed by atoms with van der Waals surface area (Å²) < 4.78 is 25.3. The number of methoxy groups -OCH3 is 1. The van der Waals surface area contributed by atoms with Crippen molar-refractivity contribution in [1.29, 1.82) is 0 Å². The van der Waals surface area contributed by atoms with Gasteiger partial charge in [-0.1, -0.05) is 197 Å². The molecule has 0 heterocycles. The summed E-state index contributed by atoms with van der Waals surface area (Å²) in [4.78, 5) is 0. The molecule has 0 aromatic rings. The second-order valence-electron chi connectivity index (χ2n) is 16.6. The lowest BCUT2D eigenvalue weighted by atomic mass is 9.77. The average Bonchev–Trinajstić information content (AvgIpc) is 3.12. The van der Waals surface area contributed by atoms with Crippen molar-refractivity contribution in [1.82, 2.24) is 0 Å². The van der Waals surface area contributed by atoms with Gasteiger partial charge in [0.1, 0.15) is 5.60 Å². The summed E-state index contributed by atoms with van der Waals surface area (Å²) in [6.45, 7) is 8.14. The summed E-state index contributed by atoms with van der Waals surface area (Å²) in [6, 6.07) is 0. The van der Waals surface area contributed by atoms with Gasteiger partial charge in [0, 0.05) is 20.4 Å². The lowest BCUT2D eigenvalue weighted by Crippen LogP contribution is -2.47. The second-order valence-corrected chi connectivity index (χ2v) is 19.3. The molecule has 1 aliphatic rings. The van der Waals surface area contributed by atoms with Crippen LogP contribution in [0.2, 0.25) is 0 Å². The molecule has 1 rings (SSSR count). The van der Waals surface area contributed by atoms with Crippen molar-refractivity contribution in [2.75, 3.05) is 20.4 Å². The second kappa shape index (κ2) is 34.6. The highest BCUT2D eigenvalue weighted by molar-refractivity contribution is 7.57. The molecule has 0 radical (unpaired) electrons. The minimum absolute atomic E-state index is 0.0710. The Kier molecular flexibility index (Phi) is 32.7. The maximum Gasteiger partial charge on any atom is 0.197 e. The first-order valence-electron chi connectivity index (χ1n) is 22.8. The van der Waals surface area contributed by atoms with E-state index in [9.17, 15) is 4.57 Å². The zero-order chi connectivity index (χ0) is 37.9. The summed E-state index contributed by atoms with van der Waals surface area (Å²) in [7, 11) is -0.779. The Hall–Kier alpha value is -0.890. The van der Waals surface area contributed by atoms with Crippen LogP contribution in [-0.2, 0) is 13.8 Å². The summed E-state index contributed by atoms with van der Waals surface area (Å²) in [5.74, 6) is 0.792. The van der Waals surface area contributed by atoms with Gasteiger partial charge in [-0.2, -0.15) is 0 Å². The minimum Gasteiger partial charge on any atom is -0.378 e. The molecule has 3 nitrogen and oxygen atoms in total. The van der Waals surface area contributed by atoms with Crippen LogP contribution in [0.3, 0.4) is 0 Å². The average molecular weight is 745 g/mol. The van der Waals surface area contributed by atoms with Crippen molar-refractivity contribution in [2.45, 2.75) is 231 Å². The molecule has 0 N–H and O–H groups in total. The molecular weight excluding hydrogens is 655 g/mol. The zero-order valence-corrected chi connectivity index (χ0v) is 36.5. The third kappa shape index (κ3) is 28.5. The molecule has 0 amide bonds. The fourth-order valence-corrected chi connectivity index (χ4v) is 9.41. The minimum atomic E-state index is -2.60. The van der Waals surface area contributed by atoms with Crippen LogP contribution in [-0.4, -0.2) is 32.1 Å². The van der Waals surface area contributed by atoms with E-state index in [1.807, 2.05) is 7.11 Å². The van der Waals surface area contributed by atoms with Gasteiger partial charge in [-0.3, -0.25) is 4.57 Å². The number of ether oxygens (including phenoxy) is 1. The van der Waals surface area contributed by atoms with Crippen LogP contribution in [0.5, 0.6) is 0 Å². The molecule has 0 aromatic heterocycles. The van der Waals surface area contributed by atoms with Crippen molar-refractivity contribution >= 4 is 7.37 Å². The SMILES string of the molecule is CCCCCCCC=CC=CC=CCCCCCCC=CCCCC(CCCCCCCCCCC)CCCC1(OP(C)(C)=O)CCCCC1OC. The zero-order valence-electron chi connectivity index (χ0n) is 35.6. The summed E-state index contributed by atoms with van der Waals surface area (Å²) in [5.41, 5.74) is -0.366. The van der Waals surface area contributed by atoms with Gasteiger partial charge in [0.25, 0.3) is 0 Å². The molecule has 0 spiro atoms. The van der Waals surface area contributed by atoms with Gasteiger partial charge in [-0.05, 0) is 76.5 Å². The van der Waals surface area contributed by atoms with Gasteiger partial charge in [0.2, 0.25) is 0 Å². The standard InChI is InChI=1S/C48H89O3P/c1-6-8-10-12-14-16-17-18-19-20-21-22-23-24-25-26-27-28-30-32-34-36-41-46(40-35-33-31-29-15-13-11-9-7-2)42-39-45-48(51-52(4,5)49)44-38-37-43-47(48)50-3/h17-22,30,32,46-47H,6-16,23-29,31,33-45H2,1-5H3. The van der Waals surface area contributed by atoms with E-state index in [0.29, 0.717) is 0 Å². The molecule has 1 fully saturated rings. The van der Waals surface area contributed by atoms with Crippen LogP contribution in [0.15, 0.2) is 48.6 Å². The first-order valence-corrected chi connectivity index (χ1v) is 25.3. The van der Waals surface area contributed by atoms with Gasteiger partial charge in [0.05, 0.1) is 6.10 Å². The van der Waals surface area contributed by atoms with E-state index < -0.39 is 7.37 Å². The molecule has 0 saturated heterocycles. The molecule has 0 aliphatic heterocycles.